The summed E-state index contributed by atoms with van der Waals surface area (Å²) in [5.74, 6) is 8.06. The topological polar surface area (TPSA) is 128 Å². The molecule has 0 atom stereocenters. The van der Waals surface area contributed by atoms with Gasteiger partial charge < -0.3 is 25.2 Å². The molecular weight excluding hydrogens is 406 g/mol. The van der Waals surface area contributed by atoms with E-state index >= 15 is 0 Å². The Hall–Kier alpha value is -2.81. The molecule has 9 nitrogen and oxygen atoms in total. The van der Waals surface area contributed by atoms with Gasteiger partial charge in [-0.05, 0) is 57.1 Å². The van der Waals surface area contributed by atoms with Crippen LogP contribution in [0, 0.1) is 12.8 Å². The first-order valence-corrected chi connectivity index (χ1v) is 11.5. The van der Waals surface area contributed by atoms with E-state index in [0.29, 0.717) is 41.5 Å². The molecule has 2 aromatic heterocycles. The summed E-state index contributed by atoms with van der Waals surface area (Å²) in [4.78, 5) is 4.67. The third-order valence-electron chi connectivity index (χ3n) is 5.71. The van der Waals surface area contributed by atoms with E-state index in [-0.39, 0.29) is 6.10 Å². The maximum Gasteiger partial charge on any atom is 0.315 e. The van der Waals surface area contributed by atoms with Crippen molar-refractivity contribution in [3.05, 3.63) is 35.1 Å². The van der Waals surface area contributed by atoms with Gasteiger partial charge in [0.1, 0.15) is 5.75 Å². The van der Waals surface area contributed by atoms with Gasteiger partial charge in [0, 0.05) is 13.5 Å². The molecule has 9 heteroatoms. The van der Waals surface area contributed by atoms with Gasteiger partial charge in [-0.1, -0.05) is 25.4 Å². The quantitative estimate of drug-likeness (QED) is 0.372. The van der Waals surface area contributed by atoms with E-state index < -0.39 is 0 Å². The molecule has 1 saturated carbocycles. The van der Waals surface area contributed by atoms with E-state index in [0.717, 1.165) is 37.1 Å². The first-order chi connectivity index (χ1) is 15.3. The van der Waals surface area contributed by atoms with E-state index in [4.69, 9.17) is 20.7 Å². The molecule has 2 aromatic rings. The van der Waals surface area contributed by atoms with Crippen LogP contribution in [0.15, 0.2) is 22.2 Å². The number of nitrogens with zero attached hydrogens (tertiary/aromatic N) is 4. The summed E-state index contributed by atoms with van der Waals surface area (Å²) in [6, 6.07) is 4.16. The number of likely N-dealkylation sites (N-methyl/N-ethyl adjacent to an activating group) is 1. The van der Waals surface area contributed by atoms with Crippen LogP contribution in [0.3, 0.4) is 0 Å². The highest BCUT2D eigenvalue weighted by molar-refractivity contribution is 5.64. The number of pyridine rings is 1. The lowest BCUT2D eigenvalue weighted by Crippen LogP contribution is -2.32. The highest BCUT2D eigenvalue weighted by Crippen LogP contribution is 2.26. The van der Waals surface area contributed by atoms with Gasteiger partial charge in [-0.3, -0.25) is 0 Å². The third kappa shape index (κ3) is 6.59. The fourth-order valence-corrected chi connectivity index (χ4v) is 3.74. The van der Waals surface area contributed by atoms with E-state index in [9.17, 15) is 0 Å². The lowest BCUT2D eigenvalue weighted by molar-refractivity contribution is 0.153. The fraction of sp³-hybridized carbons (Fsp3) is 0.609. The van der Waals surface area contributed by atoms with Crippen molar-refractivity contribution in [3.63, 3.8) is 0 Å². The van der Waals surface area contributed by atoms with Crippen molar-refractivity contribution in [2.24, 2.45) is 17.5 Å². The van der Waals surface area contributed by atoms with Crippen LogP contribution in [0.4, 0.5) is 6.01 Å². The van der Waals surface area contributed by atoms with Crippen molar-refractivity contribution in [1.29, 1.82) is 0 Å². The Labute approximate surface area is 190 Å². The van der Waals surface area contributed by atoms with Crippen LogP contribution in [-0.4, -0.2) is 39.9 Å². The number of hydrogen-bond donors (Lipinski definition) is 3. The Morgan fingerprint density at radius 2 is 2.00 bits per heavy atom. The number of anilines is 1. The third-order valence-corrected chi connectivity index (χ3v) is 5.71. The predicted molar refractivity (Wildman–Crippen MR) is 125 cm³/mol. The number of aryl methyl sites for hydroxylation is 2. The van der Waals surface area contributed by atoms with Crippen molar-refractivity contribution >= 4 is 11.7 Å². The maximum atomic E-state index is 6.44. The van der Waals surface area contributed by atoms with Crippen molar-refractivity contribution in [2.45, 2.75) is 71.8 Å². The molecule has 3 rings (SSSR count). The highest BCUT2D eigenvalue weighted by atomic mass is 16.5. The summed E-state index contributed by atoms with van der Waals surface area (Å²) in [6.07, 6.45) is 7.98. The van der Waals surface area contributed by atoms with Gasteiger partial charge >= 0.3 is 6.01 Å². The summed E-state index contributed by atoms with van der Waals surface area (Å²) in [6.45, 7) is 6.59. The normalized spacial score (nSPS) is 15.6. The summed E-state index contributed by atoms with van der Waals surface area (Å²) >= 11 is 0. The van der Waals surface area contributed by atoms with Crippen LogP contribution in [0.25, 0.3) is 5.70 Å². The lowest BCUT2D eigenvalue weighted by atomic mass is 9.98. The van der Waals surface area contributed by atoms with Crippen molar-refractivity contribution in [2.75, 3.05) is 18.9 Å². The molecule has 1 fully saturated rings. The molecule has 0 saturated heterocycles. The summed E-state index contributed by atoms with van der Waals surface area (Å²) in [7, 11) is 1.74. The van der Waals surface area contributed by atoms with E-state index in [2.05, 4.69) is 34.3 Å². The molecule has 0 spiro atoms. The first-order valence-electron chi connectivity index (χ1n) is 11.5. The van der Waals surface area contributed by atoms with Crippen molar-refractivity contribution in [3.8, 4) is 5.75 Å². The zero-order valence-corrected chi connectivity index (χ0v) is 19.7. The fourth-order valence-electron chi connectivity index (χ4n) is 3.74. The molecule has 0 radical (unpaired) electrons. The van der Waals surface area contributed by atoms with Gasteiger partial charge in [-0.15, -0.1) is 5.10 Å². The molecule has 0 unspecified atom stereocenters. The standard InChI is InChI=1S/C23H37N7O2/c1-15(2)10-13-21-28-29-23(32-21)26-14-19(30(4)25)22(24)18-11-12-20(16(3)27-18)31-17-8-6-5-7-9-17/h11-12,15,17H,5-10,13-14,24-25H2,1-4H3,(H,26,29)/b22-19-. The molecule has 176 valence electrons. The SMILES string of the molecule is Cc1nc(/C(N)=C(\CNc2nnc(CCC(C)C)o2)N(C)N)ccc1OC1CCCCC1. The molecule has 0 amide bonds. The maximum absolute atomic E-state index is 6.44. The predicted octanol–water partition coefficient (Wildman–Crippen LogP) is 3.62. The molecule has 0 aliphatic heterocycles. The summed E-state index contributed by atoms with van der Waals surface area (Å²) in [5.41, 5.74) is 9.05. The van der Waals surface area contributed by atoms with Crippen molar-refractivity contribution < 1.29 is 9.15 Å². The Bertz CT molecular complexity index is 901. The van der Waals surface area contributed by atoms with Crippen LogP contribution in [0.2, 0.25) is 0 Å². The summed E-state index contributed by atoms with van der Waals surface area (Å²) < 4.78 is 11.8. The van der Waals surface area contributed by atoms with E-state index in [1.165, 1.54) is 24.3 Å². The number of nitrogens with two attached hydrogens (primary N) is 2. The van der Waals surface area contributed by atoms with Crippen LogP contribution in [-0.2, 0) is 6.42 Å². The molecule has 2 heterocycles. The average molecular weight is 444 g/mol. The van der Waals surface area contributed by atoms with E-state index in [1.54, 1.807) is 7.05 Å². The number of hydrazine groups is 1. The molecule has 0 bridgehead atoms. The second-order valence-corrected chi connectivity index (χ2v) is 8.92. The first kappa shape index (κ1) is 23.8. The molecule has 5 N–H and O–H groups in total. The Morgan fingerprint density at radius 3 is 2.66 bits per heavy atom. The minimum atomic E-state index is 0.276. The van der Waals surface area contributed by atoms with Gasteiger partial charge in [0.05, 0.1) is 35.4 Å². The van der Waals surface area contributed by atoms with Crippen LogP contribution in [0.1, 0.15) is 69.7 Å². The van der Waals surface area contributed by atoms with Gasteiger partial charge in [-0.2, -0.15) is 0 Å². The van der Waals surface area contributed by atoms with Gasteiger partial charge in [0.25, 0.3) is 0 Å². The largest absolute Gasteiger partial charge is 0.489 e. The molecular formula is C23H37N7O2. The zero-order valence-electron chi connectivity index (χ0n) is 19.7. The number of hydrogen-bond acceptors (Lipinski definition) is 9. The second-order valence-electron chi connectivity index (χ2n) is 8.92. The Balaban J connectivity index is 1.68. The number of nitrogens with one attached hydrogen (secondary N) is 1. The van der Waals surface area contributed by atoms with Gasteiger partial charge in [-0.25, -0.2) is 10.8 Å². The van der Waals surface area contributed by atoms with Gasteiger partial charge in [0.2, 0.25) is 5.89 Å². The van der Waals surface area contributed by atoms with Crippen LogP contribution < -0.4 is 21.6 Å². The molecule has 1 aliphatic carbocycles. The van der Waals surface area contributed by atoms with Crippen LogP contribution in [0.5, 0.6) is 5.75 Å². The minimum absolute atomic E-state index is 0.276. The number of rotatable bonds is 10. The summed E-state index contributed by atoms with van der Waals surface area (Å²) in [5, 5.41) is 12.7. The molecule has 0 aromatic carbocycles. The van der Waals surface area contributed by atoms with E-state index in [1.807, 2.05) is 19.1 Å². The lowest BCUT2D eigenvalue weighted by Gasteiger charge is -2.24. The highest BCUT2D eigenvalue weighted by Gasteiger charge is 2.18. The Morgan fingerprint density at radius 1 is 1.25 bits per heavy atom. The number of aromatic nitrogens is 3. The minimum Gasteiger partial charge on any atom is -0.489 e. The molecule has 32 heavy (non-hydrogen) atoms. The monoisotopic (exact) mass is 443 g/mol. The van der Waals surface area contributed by atoms with Crippen molar-refractivity contribution in [1.82, 2.24) is 20.2 Å². The smallest absolute Gasteiger partial charge is 0.315 e. The van der Waals surface area contributed by atoms with Crippen LogP contribution >= 0.6 is 0 Å². The second kappa shape index (κ2) is 11.2. The number of ether oxygens (including phenoxy) is 1. The zero-order chi connectivity index (χ0) is 23.1. The van der Waals surface area contributed by atoms with Gasteiger partial charge in [0.15, 0.2) is 0 Å². The molecule has 1 aliphatic rings. The average Bonchev–Trinajstić information content (AvgIpc) is 3.22. The Kier molecular flexibility index (Phi) is 8.33.